The highest BCUT2D eigenvalue weighted by Gasteiger charge is 2.12. The maximum Gasteiger partial charge on any atom is 0.356 e. The number of rotatable bonds is 3. The van der Waals surface area contributed by atoms with Crippen LogP contribution in [0.15, 0.2) is 35.1 Å². The van der Waals surface area contributed by atoms with Crippen LogP contribution in [0, 0.1) is 0 Å². The van der Waals surface area contributed by atoms with Crippen LogP contribution in [0.4, 0.5) is 0 Å². The second kappa shape index (κ2) is 5.10. The minimum Gasteiger partial charge on any atom is -0.461 e. The molecule has 0 atom stereocenters. The average Bonchev–Trinajstić information content (AvgIpc) is 2.72. The summed E-state index contributed by atoms with van der Waals surface area (Å²) in [6.07, 6.45) is 0. The summed E-state index contributed by atoms with van der Waals surface area (Å²) in [5.41, 5.74) is 0.324. The van der Waals surface area contributed by atoms with Gasteiger partial charge in [0.1, 0.15) is 5.69 Å². The Hall–Kier alpha value is -2.01. The minimum atomic E-state index is -0.560. The minimum absolute atomic E-state index is 0.113. The van der Waals surface area contributed by atoms with Crippen LogP contribution >= 0.6 is 11.6 Å². The zero-order chi connectivity index (χ0) is 13.1. The van der Waals surface area contributed by atoms with Crippen molar-refractivity contribution in [3.8, 4) is 5.69 Å². The molecule has 0 unspecified atom stereocenters. The van der Waals surface area contributed by atoms with E-state index in [2.05, 4.69) is 5.10 Å². The summed E-state index contributed by atoms with van der Waals surface area (Å²) in [6.45, 7) is 1.95. The van der Waals surface area contributed by atoms with Gasteiger partial charge in [-0.25, -0.2) is 9.48 Å². The number of benzene rings is 1. The van der Waals surface area contributed by atoms with Crippen molar-refractivity contribution in [3.63, 3.8) is 0 Å². The molecule has 0 amide bonds. The van der Waals surface area contributed by atoms with Crippen molar-refractivity contribution in [1.82, 2.24) is 9.78 Å². The van der Waals surface area contributed by atoms with Crippen LogP contribution in [0.5, 0.6) is 0 Å². The van der Waals surface area contributed by atoms with Gasteiger partial charge in [-0.05, 0) is 25.1 Å². The Morgan fingerprint density at radius 1 is 1.44 bits per heavy atom. The van der Waals surface area contributed by atoms with Crippen molar-refractivity contribution < 1.29 is 9.53 Å². The number of hydrogen-bond donors (Lipinski definition) is 1. The number of aromatic amines is 1. The van der Waals surface area contributed by atoms with Gasteiger partial charge in [-0.3, -0.25) is 9.89 Å². The molecule has 0 saturated carbocycles. The van der Waals surface area contributed by atoms with E-state index in [9.17, 15) is 9.59 Å². The molecule has 5 nitrogen and oxygen atoms in total. The molecule has 0 aliphatic rings. The smallest absolute Gasteiger partial charge is 0.356 e. The number of hydrogen-bond acceptors (Lipinski definition) is 3. The molecule has 0 bridgehead atoms. The summed E-state index contributed by atoms with van der Waals surface area (Å²) >= 11 is 5.85. The van der Waals surface area contributed by atoms with Crippen LogP contribution in [0.1, 0.15) is 17.4 Å². The van der Waals surface area contributed by atoms with E-state index in [1.165, 1.54) is 10.7 Å². The highest BCUT2D eigenvalue weighted by Crippen LogP contribution is 2.12. The fraction of sp³-hybridized carbons (Fsp3) is 0.167. The maximum atomic E-state index is 11.7. The SMILES string of the molecule is CCOC(=O)c1cc(=O)n(-c2cccc(Cl)c2)[nH]1. The number of esters is 1. The molecule has 94 valence electrons. The Bertz CT molecular complexity index is 630. The van der Waals surface area contributed by atoms with Crippen LogP contribution in [-0.4, -0.2) is 22.4 Å². The van der Waals surface area contributed by atoms with Gasteiger partial charge in [0.15, 0.2) is 0 Å². The fourth-order valence-corrected chi connectivity index (χ4v) is 1.70. The Morgan fingerprint density at radius 3 is 2.89 bits per heavy atom. The standard InChI is InChI=1S/C12H11ClN2O3/c1-2-18-12(17)10-7-11(16)15(14-10)9-5-3-4-8(13)6-9/h3-7,14H,2H2,1H3. The molecule has 6 heteroatoms. The lowest BCUT2D eigenvalue weighted by molar-refractivity contribution is 0.0519. The topological polar surface area (TPSA) is 64.1 Å². The Labute approximate surface area is 108 Å². The van der Waals surface area contributed by atoms with Gasteiger partial charge in [-0.1, -0.05) is 17.7 Å². The first-order valence-corrected chi connectivity index (χ1v) is 5.74. The molecule has 0 aliphatic carbocycles. The molecule has 18 heavy (non-hydrogen) atoms. The Balaban J connectivity index is 2.41. The van der Waals surface area contributed by atoms with Crippen molar-refractivity contribution in [2.24, 2.45) is 0 Å². The first kappa shape index (κ1) is 12.4. The van der Waals surface area contributed by atoms with Crippen molar-refractivity contribution in [1.29, 1.82) is 0 Å². The number of halogens is 1. The van der Waals surface area contributed by atoms with Crippen molar-refractivity contribution in [2.75, 3.05) is 6.61 Å². The first-order chi connectivity index (χ1) is 8.61. The van der Waals surface area contributed by atoms with Crippen LogP contribution in [0.25, 0.3) is 5.69 Å². The second-order valence-corrected chi connectivity index (χ2v) is 3.98. The number of aromatic nitrogens is 2. The van der Waals surface area contributed by atoms with E-state index in [0.717, 1.165) is 0 Å². The highest BCUT2D eigenvalue weighted by atomic mass is 35.5. The molecule has 2 aromatic rings. The molecular formula is C12H11ClN2O3. The molecule has 1 N–H and O–H groups in total. The summed E-state index contributed by atoms with van der Waals surface area (Å²) in [7, 11) is 0. The molecule has 1 aromatic heterocycles. The Kier molecular flexibility index (Phi) is 3.53. The van der Waals surface area contributed by atoms with E-state index in [-0.39, 0.29) is 17.9 Å². The van der Waals surface area contributed by atoms with Crippen molar-refractivity contribution >= 4 is 17.6 Å². The highest BCUT2D eigenvalue weighted by molar-refractivity contribution is 6.30. The summed E-state index contributed by atoms with van der Waals surface area (Å²) in [4.78, 5) is 23.2. The number of ether oxygens (including phenoxy) is 1. The van der Waals surface area contributed by atoms with E-state index >= 15 is 0 Å². The van der Waals surface area contributed by atoms with E-state index in [4.69, 9.17) is 16.3 Å². The number of nitrogens with one attached hydrogen (secondary N) is 1. The van der Waals surface area contributed by atoms with Gasteiger partial charge < -0.3 is 4.74 Å². The summed E-state index contributed by atoms with van der Waals surface area (Å²) in [6, 6.07) is 7.94. The van der Waals surface area contributed by atoms with Crippen LogP contribution in [-0.2, 0) is 4.74 Å². The molecule has 1 aromatic carbocycles. The molecule has 0 radical (unpaired) electrons. The van der Waals surface area contributed by atoms with Gasteiger partial charge in [0.2, 0.25) is 0 Å². The predicted molar refractivity (Wildman–Crippen MR) is 67.4 cm³/mol. The average molecular weight is 267 g/mol. The largest absolute Gasteiger partial charge is 0.461 e. The van der Waals surface area contributed by atoms with Gasteiger partial charge in [-0.2, -0.15) is 0 Å². The van der Waals surface area contributed by atoms with E-state index in [0.29, 0.717) is 10.7 Å². The quantitative estimate of drug-likeness (QED) is 0.864. The summed E-state index contributed by atoms with van der Waals surface area (Å²) in [5.74, 6) is -0.560. The van der Waals surface area contributed by atoms with Crippen LogP contribution in [0.3, 0.4) is 0 Å². The third-order valence-corrected chi connectivity index (χ3v) is 2.52. The summed E-state index contributed by atoms with van der Waals surface area (Å²) < 4.78 is 6.04. The number of carbonyl (C=O) groups excluding carboxylic acids is 1. The van der Waals surface area contributed by atoms with Crippen molar-refractivity contribution in [2.45, 2.75) is 6.92 Å². The van der Waals surface area contributed by atoms with E-state index in [1.54, 1.807) is 31.2 Å². The van der Waals surface area contributed by atoms with Gasteiger partial charge in [0, 0.05) is 11.1 Å². The third kappa shape index (κ3) is 2.46. The normalized spacial score (nSPS) is 10.3. The predicted octanol–water partition coefficient (Wildman–Crippen LogP) is 2.00. The van der Waals surface area contributed by atoms with E-state index in [1.807, 2.05) is 0 Å². The number of H-pyrrole nitrogens is 1. The molecule has 0 fully saturated rings. The van der Waals surface area contributed by atoms with Gasteiger partial charge in [-0.15, -0.1) is 0 Å². The van der Waals surface area contributed by atoms with Gasteiger partial charge in [0.05, 0.1) is 12.3 Å². The lowest BCUT2D eigenvalue weighted by Crippen LogP contribution is -2.13. The number of carbonyl (C=O) groups is 1. The lowest BCUT2D eigenvalue weighted by Gasteiger charge is -2.02. The second-order valence-electron chi connectivity index (χ2n) is 3.54. The van der Waals surface area contributed by atoms with E-state index < -0.39 is 5.97 Å². The Morgan fingerprint density at radius 2 is 2.22 bits per heavy atom. The molecule has 0 aliphatic heterocycles. The maximum absolute atomic E-state index is 11.7. The third-order valence-electron chi connectivity index (χ3n) is 2.28. The molecule has 0 spiro atoms. The fourth-order valence-electron chi connectivity index (χ4n) is 1.52. The lowest BCUT2D eigenvalue weighted by atomic mass is 10.3. The van der Waals surface area contributed by atoms with Crippen molar-refractivity contribution in [3.05, 3.63) is 51.4 Å². The van der Waals surface area contributed by atoms with Crippen LogP contribution in [0.2, 0.25) is 5.02 Å². The molecular weight excluding hydrogens is 256 g/mol. The first-order valence-electron chi connectivity index (χ1n) is 5.37. The molecule has 0 saturated heterocycles. The molecule has 2 rings (SSSR count). The van der Waals surface area contributed by atoms with Gasteiger partial charge in [0.25, 0.3) is 5.56 Å². The zero-order valence-corrected chi connectivity index (χ0v) is 10.4. The number of nitrogens with zero attached hydrogens (tertiary/aromatic N) is 1. The summed E-state index contributed by atoms with van der Waals surface area (Å²) in [5, 5.41) is 3.19. The monoisotopic (exact) mass is 266 g/mol. The molecule has 1 heterocycles. The van der Waals surface area contributed by atoms with Gasteiger partial charge >= 0.3 is 5.97 Å². The van der Waals surface area contributed by atoms with Crippen LogP contribution < -0.4 is 5.56 Å². The zero-order valence-electron chi connectivity index (χ0n) is 9.64.